The second-order valence-electron chi connectivity index (χ2n) is 7.08. The summed E-state index contributed by atoms with van der Waals surface area (Å²) in [5.41, 5.74) is 0.793. The molecular formula is C22H22N4O5. The van der Waals surface area contributed by atoms with Gasteiger partial charge in [0.25, 0.3) is 5.91 Å². The van der Waals surface area contributed by atoms with Crippen molar-refractivity contribution >= 4 is 11.9 Å². The van der Waals surface area contributed by atoms with Gasteiger partial charge in [0.1, 0.15) is 17.5 Å². The zero-order chi connectivity index (χ0) is 21.6. The summed E-state index contributed by atoms with van der Waals surface area (Å²) >= 11 is 0. The number of amides is 1. The summed E-state index contributed by atoms with van der Waals surface area (Å²) in [5.74, 6) is 0.702. The summed E-state index contributed by atoms with van der Waals surface area (Å²) < 4.78 is 15.8. The molecule has 0 radical (unpaired) electrons. The van der Waals surface area contributed by atoms with Crippen LogP contribution >= 0.6 is 0 Å². The van der Waals surface area contributed by atoms with Gasteiger partial charge in [-0.25, -0.2) is 4.79 Å². The Kier molecular flexibility index (Phi) is 6.21. The SMILES string of the molecule is COC(=O)c1ccc(-c2noc([C@H]3CCCCN3C(=O)COc3ccccc3)n2)nc1. The lowest BCUT2D eigenvalue weighted by Gasteiger charge is -2.33. The second-order valence-corrected chi connectivity index (χ2v) is 7.08. The number of hydrogen-bond donors (Lipinski definition) is 0. The first-order chi connectivity index (χ1) is 15.2. The molecule has 0 unspecified atom stereocenters. The summed E-state index contributed by atoms with van der Waals surface area (Å²) in [6.45, 7) is 0.545. The van der Waals surface area contributed by atoms with E-state index in [1.54, 1.807) is 17.0 Å². The summed E-state index contributed by atoms with van der Waals surface area (Å²) in [5, 5.41) is 4.01. The Hall–Kier alpha value is -3.75. The van der Waals surface area contributed by atoms with Gasteiger partial charge in [0, 0.05) is 12.7 Å². The molecule has 0 bridgehead atoms. The van der Waals surface area contributed by atoms with Crippen LogP contribution in [0, 0.1) is 0 Å². The Labute approximate surface area is 179 Å². The topological polar surface area (TPSA) is 108 Å². The molecule has 1 aromatic carbocycles. The lowest BCUT2D eigenvalue weighted by molar-refractivity contribution is -0.138. The molecule has 0 N–H and O–H groups in total. The molecule has 3 aromatic rings. The highest BCUT2D eigenvalue weighted by Crippen LogP contribution is 2.31. The Morgan fingerprint density at radius 2 is 2.00 bits per heavy atom. The smallest absolute Gasteiger partial charge is 0.339 e. The molecule has 1 aliphatic heterocycles. The first-order valence-corrected chi connectivity index (χ1v) is 10.0. The summed E-state index contributed by atoms with van der Waals surface area (Å²) in [6, 6.07) is 12.1. The highest BCUT2D eigenvalue weighted by molar-refractivity contribution is 5.89. The fraction of sp³-hybridized carbons (Fsp3) is 0.318. The van der Waals surface area contributed by atoms with E-state index in [0.717, 1.165) is 19.3 Å². The van der Waals surface area contributed by atoms with Crippen LogP contribution in [0.3, 0.4) is 0 Å². The molecule has 0 spiro atoms. The van der Waals surface area contributed by atoms with Crippen LogP contribution < -0.4 is 4.74 Å². The van der Waals surface area contributed by atoms with E-state index in [9.17, 15) is 9.59 Å². The van der Waals surface area contributed by atoms with Crippen molar-refractivity contribution in [2.24, 2.45) is 0 Å². The van der Waals surface area contributed by atoms with E-state index in [2.05, 4.69) is 19.9 Å². The van der Waals surface area contributed by atoms with E-state index in [4.69, 9.17) is 9.26 Å². The number of piperidine rings is 1. The molecule has 9 nitrogen and oxygen atoms in total. The number of benzene rings is 1. The van der Waals surface area contributed by atoms with Crippen molar-refractivity contribution in [2.75, 3.05) is 20.3 Å². The monoisotopic (exact) mass is 422 g/mol. The van der Waals surface area contributed by atoms with Crippen LogP contribution in [-0.2, 0) is 9.53 Å². The Bertz CT molecular complexity index is 1040. The molecule has 0 aliphatic carbocycles. The number of aromatic nitrogens is 3. The number of likely N-dealkylation sites (tertiary alicyclic amines) is 1. The normalized spacial score (nSPS) is 16.0. The van der Waals surface area contributed by atoms with Crippen molar-refractivity contribution in [3.63, 3.8) is 0 Å². The predicted octanol–water partition coefficient (Wildman–Crippen LogP) is 3.05. The highest BCUT2D eigenvalue weighted by Gasteiger charge is 2.32. The minimum atomic E-state index is -0.470. The maximum atomic E-state index is 12.8. The molecule has 31 heavy (non-hydrogen) atoms. The molecule has 160 valence electrons. The molecule has 9 heteroatoms. The van der Waals surface area contributed by atoms with Crippen LogP contribution in [-0.4, -0.2) is 52.2 Å². The zero-order valence-electron chi connectivity index (χ0n) is 17.1. The van der Waals surface area contributed by atoms with Crippen molar-refractivity contribution in [1.29, 1.82) is 0 Å². The van der Waals surface area contributed by atoms with Gasteiger partial charge in [-0.3, -0.25) is 9.78 Å². The van der Waals surface area contributed by atoms with Gasteiger partial charge >= 0.3 is 5.97 Å². The Balaban J connectivity index is 1.46. The van der Waals surface area contributed by atoms with Gasteiger partial charge in [0.15, 0.2) is 6.61 Å². The maximum absolute atomic E-state index is 12.8. The van der Waals surface area contributed by atoms with Gasteiger partial charge < -0.3 is 18.9 Å². The van der Waals surface area contributed by atoms with E-state index in [0.29, 0.717) is 35.3 Å². The van der Waals surface area contributed by atoms with Crippen LogP contribution in [0.2, 0.25) is 0 Å². The molecule has 1 amide bonds. The third-order valence-corrected chi connectivity index (χ3v) is 5.07. The molecule has 3 heterocycles. The van der Waals surface area contributed by atoms with E-state index < -0.39 is 5.97 Å². The van der Waals surface area contributed by atoms with Crippen molar-refractivity contribution in [1.82, 2.24) is 20.0 Å². The highest BCUT2D eigenvalue weighted by atomic mass is 16.5. The number of para-hydroxylation sites is 1. The first kappa shape index (κ1) is 20.5. The molecule has 2 aromatic heterocycles. The van der Waals surface area contributed by atoms with Crippen LogP contribution in [0.1, 0.15) is 41.6 Å². The van der Waals surface area contributed by atoms with E-state index in [-0.39, 0.29) is 18.6 Å². The van der Waals surface area contributed by atoms with Crippen molar-refractivity contribution in [3.05, 3.63) is 60.1 Å². The van der Waals surface area contributed by atoms with Gasteiger partial charge in [-0.2, -0.15) is 4.98 Å². The minimum Gasteiger partial charge on any atom is -0.484 e. The average molecular weight is 422 g/mol. The number of hydrogen-bond acceptors (Lipinski definition) is 8. The van der Waals surface area contributed by atoms with E-state index >= 15 is 0 Å². The van der Waals surface area contributed by atoms with Gasteiger partial charge in [-0.05, 0) is 43.5 Å². The Morgan fingerprint density at radius 3 is 2.74 bits per heavy atom. The molecule has 1 aliphatic rings. The largest absolute Gasteiger partial charge is 0.484 e. The van der Waals surface area contributed by atoms with Gasteiger partial charge in [0.05, 0.1) is 12.7 Å². The first-order valence-electron chi connectivity index (χ1n) is 10.0. The number of ether oxygens (including phenoxy) is 2. The lowest BCUT2D eigenvalue weighted by atomic mass is 10.0. The van der Waals surface area contributed by atoms with Crippen LogP contribution in [0.5, 0.6) is 5.75 Å². The van der Waals surface area contributed by atoms with E-state index in [1.165, 1.54) is 13.3 Å². The fourth-order valence-corrected chi connectivity index (χ4v) is 3.47. The quantitative estimate of drug-likeness (QED) is 0.558. The molecular weight excluding hydrogens is 400 g/mol. The summed E-state index contributed by atoms with van der Waals surface area (Å²) in [6.07, 6.45) is 3.99. The van der Waals surface area contributed by atoms with Crippen LogP contribution in [0.4, 0.5) is 0 Å². The number of methoxy groups -OCH3 is 1. The number of carbonyl (C=O) groups excluding carboxylic acids is 2. The lowest BCUT2D eigenvalue weighted by Crippen LogP contribution is -2.41. The predicted molar refractivity (Wildman–Crippen MR) is 109 cm³/mol. The molecule has 4 rings (SSSR count). The van der Waals surface area contributed by atoms with Gasteiger partial charge in [-0.15, -0.1) is 0 Å². The fourth-order valence-electron chi connectivity index (χ4n) is 3.47. The molecule has 1 fully saturated rings. The number of nitrogens with zero attached hydrogens (tertiary/aromatic N) is 4. The second kappa shape index (κ2) is 9.38. The molecule has 1 atom stereocenters. The Morgan fingerprint density at radius 1 is 1.16 bits per heavy atom. The van der Waals surface area contributed by atoms with Crippen molar-refractivity contribution in [2.45, 2.75) is 25.3 Å². The third-order valence-electron chi connectivity index (χ3n) is 5.07. The van der Waals surface area contributed by atoms with Gasteiger partial charge in [0.2, 0.25) is 11.7 Å². The maximum Gasteiger partial charge on any atom is 0.339 e. The summed E-state index contributed by atoms with van der Waals surface area (Å²) in [7, 11) is 1.31. The number of rotatable bonds is 6. The average Bonchev–Trinajstić information content (AvgIpc) is 3.33. The standard InChI is InChI=1S/C22H22N4O5/c1-29-22(28)15-10-11-17(23-13-15)20-24-21(31-25-20)18-9-5-6-12-26(18)19(27)14-30-16-7-3-2-4-8-16/h2-4,7-8,10-11,13,18H,5-6,9,12,14H2,1H3/t18-/m1/s1. The van der Waals surface area contributed by atoms with Crippen molar-refractivity contribution in [3.8, 4) is 17.3 Å². The van der Waals surface area contributed by atoms with Crippen molar-refractivity contribution < 1.29 is 23.6 Å². The number of pyridine rings is 1. The minimum absolute atomic E-state index is 0.0575. The zero-order valence-corrected chi connectivity index (χ0v) is 17.1. The molecule has 0 saturated carbocycles. The van der Waals surface area contributed by atoms with Gasteiger partial charge in [-0.1, -0.05) is 23.4 Å². The van der Waals surface area contributed by atoms with E-state index in [1.807, 2.05) is 30.3 Å². The summed E-state index contributed by atoms with van der Waals surface area (Å²) in [4.78, 5) is 34.8. The van der Waals surface area contributed by atoms with Crippen LogP contribution in [0.25, 0.3) is 11.5 Å². The number of esters is 1. The third kappa shape index (κ3) is 4.71. The molecule has 1 saturated heterocycles. The number of carbonyl (C=O) groups is 2. The van der Waals surface area contributed by atoms with Crippen LogP contribution in [0.15, 0.2) is 53.2 Å².